The van der Waals surface area contributed by atoms with E-state index in [1.54, 1.807) is 7.11 Å². The average Bonchev–Trinajstić information content (AvgIpc) is 2.47. The van der Waals surface area contributed by atoms with Crippen LogP contribution in [0.2, 0.25) is 0 Å². The molecule has 2 aromatic rings. The summed E-state index contributed by atoms with van der Waals surface area (Å²) in [5.41, 5.74) is 2.75. The van der Waals surface area contributed by atoms with Gasteiger partial charge in [0, 0.05) is 7.11 Å². The number of rotatable bonds is 6. The number of nitrogens with one attached hydrogen (secondary N) is 1. The summed E-state index contributed by atoms with van der Waals surface area (Å²) in [5, 5.41) is 3.32. The van der Waals surface area contributed by atoms with Crippen LogP contribution >= 0.6 is 0 Å². The van der Waals surface area contributed by atoms with Crippen molar-refractivity contribution >= 4 is 11.0 Å². The minimum Gasteiger partial charge on any atom is -0.379 e. The SMILES string of the molecule is CNC(CCC(C)(C)OC)c1cnc2ccccc2n1. The number of fused-ring (bicyclic) bond motifs is 1. The molecule has 20 heavy (non-hydrogen) atoms. The molecule has 0 saturated heterocycles. The van der Waals surface area contributed by atoms with Crippen LogP contribution < -0.4 is 5.32 Å². The van der Waals surface area contributed by atoms with Gasteiger partial charge < -0.3 is 10.1 Å². The number of methoxy groups -OCH3 is 1. The fourth-order valence-electron chi connectivity index (χ4n) is 2.17. The first-order valence-corrected chi connectivity index (χ1v) is 7.00. The summed E-state index contributed by atoms with van der Waals surface area (Å²) in [6.45, 7) is 4.21. The van der Waals surface area contributed by atoms with Crippen molar-refractivity contribution in [3.05, 3.63) is 36.2 Å². The fraction of sp³-hybridized carbons (Fsp3) is 0.500. The van der Waals surface area contributed by atoms with Gasteiger partial charge >= 0.3 is 0 Å². The summed E-state index contributed by atoms with van der Waals surface area (Å²) in [6.07, 6.45) is 3.79. The predicted molar refractivity (Wildman–Crippen MR) is 81.7 cm³/mol. The Labute approximate surface area is 120 Å². The number of ether oxygens (including phenoxy) is 1. The van der Waals surface area contributed by atoms with Crippen LogP contribution in [0.1, 0.15) is 38.4 Å². The molecule has 0 bridgehead atoms. The molecular formula is C16H23N3O. The highest BCUT2D eigenvalue weighted by Crippen LogP contribution is 2.23. The lowest BCUT2D eigenvalue weighted by Crippen LogP contribution is -2.26. The van der Waals surface area contributed by atoms with Crippen molar-refractivity contribution in [3.63, 3.8) is 0 Å². The molecule has 0 spiro atoms. The van der Waals surface area contributed by atoms with E-state index in [-0.39, 0.29) is 11.6 Å². The Hall–Kier alpha value is -1.52. The van der Waals surface area contributed by atoms with Crippen molar-refractivity contribution in [2.24, 2.45) is 0 Å². The topological polar surface area (TPSA) is 47.0 Å². The summed E-state index contributed by atoms with van der Waals surface area (Å²) in [5.74, 6) is 0. The van der Waals surface area contributed by atoms with Crippen molar-refractivity contribution in [1.82, 2.24) is 15.3 Å². The molecular weight excluding hydrogens is 250 g/mol. The molecule has 0 aliphatic carbocycles. The molecule has 0 saturated carbocycles. The van der Waals surface area contributed by atoms with Gasteiger partial charge in [-0.1, -0.05) is 12.1 Å². The summed E-state index contributed by atoms with van der Waals surface area (Å²) in [6, 6.07) is 8.14. The summed E-state index contributed by atoms with van der Waals surface area (Å²) >= 11 is 0. The third kappa shape index (κ3) is 3.52. The zero-order valence-corrected chi connectivity index (χ0v) is 12.7. The van der Waals surface area contributed by atoms with E-state index >= 15 is 0 Å². The van der Waals surface area contributed by atoms with Gasteiger partial charge in [-0.05, 0) is 45.9 Å². The van der Waals surface area contributed by atoms with E-state index in [9.17, 15) is 0 Å². The maximum absolute atomic E-state index is 5.47. The standard InChI is InChI=1S/C16H23N3O/c1-16(2,20-4)10-9-12(17-3)15-11-18-13-7-5-6-8-14(13)19-15/h5-8,11-12,17H,9-10H2,1-4H3. The Morgan fingerprint density at radius 2 is 1.95 bits per heavy atom. The largest absolute Gasteiger partial charge is 0.379 e. The quantitative estimate of drug-likeness (QED) is 0.878. The molecule has 0 fully saturated rings. The average molecular weight is 273 g/mol. The van der Waals surface area contributed by atoms with Crippen molar-refractivity contribution in [3.8, 4) is 0 Å². The minimum atomic E-state index is -0.112. The Bertz CT molecular complexity index is 568. The summed E-state index contributed by atoms with van der Waals surface area (Å²) in [4.78, 5) is 9.19. The van der Waals surface area contributed by atoms with E-state index in [0.29, 0.717) is 0 Å². The molecule has 2 rings (SSSR count). The smallest absolute Gasteiger partial charge is 0.0890 e. The first-order valence-electron chi connectivity index (χ1n) is 7.00. The molecule has 1 N–H and O–H groups in total. The summed E-state index contributed by atoms with van der Waals surface area (Å²) in [7, 11) is 3.71. The van der Waals surface area contributed by atoms with Gasteiger partial charge in [0.1, 0.15) is 0 Å². The maximum Gasteiger partial charge on any atom is 0.0890 e. The lowest BCUT2D eigenvalue weighted by Gasteiger charge is -2.25. The second kappa shape index (κ2) is 6.29. The van der Waals surface area contributed by atoms with E-state index in [1.807, 2.05) is 37.5 Å². The molecule has 0 aliphatic rings. The number of aromatic nitrogens is 2. The first kappa shape index (κ1) is 14.9. The van der Waals surface area contributed by atoms with Crippen molar-refractivity contribution in [2.75, 3.05) is 14.2 Å². The number of benzene rings is 1. The molecule has 0 amide bonds. The molecule has 1 aromatic carbocycles. The van der Waals surface area contributed by atoms with E-state index < -0.39 is 0 Å². The molecule has 4 heteroatoms. The third-order valence-corrected chi connectivity index (χ3v) is 3.76. The van der Waals surface area contributed by atoms with Gasteiger partial charge in [0.15, 0.2) is 0 Å². The van der Waals surface area contributed by atoms with Gasteiger partial charge in [0.2, 0.25) is 0 Å². The van der Waals surface area contributed by atoms with E-state index in [2.05, 4.69) is 24.1 Å². The molecule has 0 aliphatic heterocycles. The van der Waals surface area contributed by atoms with Crippen LogP contribution in [0, 0.1) is 0 Å². The fourth-order valence-corrected chi connectivity index (χ4v) is 2.17. The maximum atomic E-state index is 5.47. The lowest BCUT2D eigenvalue weighted by molar-refractivity contribution is 0.0117. The Balaban J connectivity index is 2.17. The van der Waals surface area contributed by atoms with E-state index in [1.165, 1.54) is 0 Å². The van der Waals surface area contributed by atoms with Crippen LogP contribution in [0.3, 0.4) is 0 Å². The van der Waals surface area contributed by atoms with Gasteiger partial charge in [-0.3, -0.25) is 4.98 Å². The zero-order valence-electron chi connectivity index (χ0n) is 12.7. The second-order valence-electron chi connectivity index (χ2n) is 5.63. The highest BCUT2D eigenvalue weighted by atomic mass is 16.5. The number of hydrogen-bond donors (Lipinski definition) is 1. The van der Waals surface area contributed by atoms with Gasteiger partial charge in [0.05, 0.1) is 34.6 Å². The van der Waals surface area contributed by atoms with E-state index in [4.69, 9.17) is 9.72 Å². The van der Waals surface area contributed by atoms with Gasteiger partial charge in [-0.25, -0.2) is 4.98 Å². The number of hydrogen-bond acceptors (Lipinski definition) is 4. The Kier molecular flexibility index (Phi) is 4.68. The van der Waals surface area contributed by atoms with Gasteiger partial charge in [0.25, 0.3) is 0 Å². The van der Waals surface area contributed by atoms with Crippen LogP contribution in [-0.2, 0) is 4.74 Å². The van der Waals surface area contributed by atoms with Crippen molar-refractivity contribution in [1.29, 1.82) is 0 Å². The summed E-state index contributed by atoms with van der Waals surface area (Å²) < 4.78 is 5.47. The van der Waals surface area contributed by atoms with Crippen LogP contribution in [0.5, 0.6) is 0 Å². The van der Waals surface area contributed by atoms with Crippen molar-refractivity contribution in [2.45, 2.75) is 38.3 Å². The highest BCUT2D eigenvalue weighted by molar-refractivity contribution is 5.73. The van der Waals surface area contributed by atoms with Crippen LogP contribution in [0.15, 0.2) is 30.5 Å². The monoisotopic (exact) mass is 273 g/mol. The van der Waals surface area contributed by atoms with Gasteiger partial charge in [-0.2, -0.15) is 0 Å². The third-order valence-electron chi connectivity index (χ3n) is 3.76. The molecule has 1 aromatic heterocycles. The van der Waals surface area contributed by atoms with Crippen LogP contribution in [0.4, 0.5) is 0 Å². The van der Waals surface area contributed by atoms with Gasteiger partial charge in [-0.15, -0.1) is 0 Å². The van der Waals surface area contributed by atoms with Crippen LogP contribution in [-0.4, -0.2) is 29.7 Å². The minimum absolute atomic E-state index is 0.112. The molecule has 0 radical (unpaired) electrons. The highest BCUT2D eigenvalue weighted by Gasteiger charge is 2.20. The lowest BCUT2D eigenvalue weighted by atomic mass is 9.97. The second-order valence-corrected chi connectivity index (χ2v) is 5.63. The molecule has 4 nitrogen and oxygen atoms in total. The number of nitrogens with zero attached hydrogens (tertiary/aromatic N) is 2. The zero-order chi connectivity index (χ0) is 14.6. The normalized spacial score (nSPS) is 13.6. The molecule has 108 valence electrons. The van der Waals surface area contributed by atoms with Crippen molar-refractivity contribution < 1.29 is 4.74 Å². The van der Waals surface area contributed by atoms with E-state index in [0.717, 1.165) is 29.6 Å². The molecule has 1 atom stereocenters. The number of para-hydroxylation sites is 2. The van der Waals surface area contributed by atoms with Crippen LogP contribution in [0.25, 0.3) is 11.0 Å². The molecule has 1 heterocycles. The Morgan fingerprint density at radius 3 is 2.60 bits per heavy atom. The first-order chi connectivity index (χ1) is 9.55. The Morgan fingerprint density at radius 1 is 1.25 bits per heavy atom. The predicted octanol–water partition coefficient (Wildman–Crippen LogP) is 3.10. The molecule has 1 unspecified atom stereocenters.